The zero-order valence-electron chi connectivity index (χ0n) is 18.7. The van der Waals surface area contributed by atoms with Crippen LogP contribution in [0.1, 0.15) is 16.7 Å². The second-order valence-corrected chi connectivity index (χ2v) is 8.40. The zero-order chi connectivity index (χ0) is 23.3. The van der Waals surface area contributed by atoms with Crippen LogP contribution >= 0.6 is 23.2 Å². The third kappa shape index (κ3) is 6.92. The maximum atomic E-state index is 12.9. The summed E-state index contributed by atoms with van der Waals surface area (Å²) in [6, 6.07) is 8.42. The fraction of sp³-hybridized carbons (Fsp3) is 0.348. The van der Waals surface area contributed by atoms with Gasteiger partial charge in [-0.3, -0.25) is 4.90 Å². The fourth-order valence-electron chi connectivity index (χ4n) is 3.69. The maximum absolute atomic E-state index is 12.9. The first-order valence-electron chi connectivity index (χ1n) is 10.3. The molecular weight excluding hydrogens is 540 g/mol. The number of phenolic OH excluding ortho intramolecular Hbond substituents is 1. The smallest absolute Gasteiger partial charge is 0.340 e. The predicted octanol–water partition coefficient (Wildman–Crippen LogP) is 4.00. The van der Waals surface area contributed by atoms with Crippen LogP contribution in [0.4, 0.5) is 5.69 Å². The van der Waals surface area contributed by atoms with E-state index in [9.17, 15) is 9.90 Å². The number of piperazine rings is 1. The average molecular weight is 567 g/mol. The molecule has 0 saturated carbocycles. The number of aromatic hydroxyl groups is 1. The summed E-state index contributed by atoms with van der Waals surface area (Å²) < 4.78 is 5.52. The quantitative estimate of drug-likeness (QED) is 0.325. The van der Waals surface area contributed by atoms with E-state index in [2.05, 4.69) is 15.5 Å². The summed E-state index contributed by atoms with van der Waals surface area (Å²) in [5.41, 5.74) is 8.36. The monoisotopic (exact) mass is 566 g/mol. The second kappa shape index (κ2) is 13.0. The van der Waals surface area contributed by atoms with Crippen molar-refractivity contribution < 1.29 is 42.2 Å². The van der Waals surface area contributed by atoms with E-state index >= 15 is 0 Å². The van der Waals surface area contributed by atoms with E-state index < -0.39 is 5.63 Å². The molecule has 4 rings (SSSR count). The molecule has 1 aliphatic heterocycles. The number of fused-ring (bicyclic) bond motifs is 1. The van der Waals surface area contributed by atoms with Gasteiger partial charge in [0.05, 0.1) is 15.7 Å². The van der Waals surface area contributed by atoms with Crippen LogP contribution in [0.3, 0.4) is 0 Å². The first-order valence-corrected chi connectivity index (χ1v) is 11.0. The van der Waals surface area contributed by atoms with Crippen LogP contribution in [0.2, 0.25) is 10.0 Å². The summed E-state index contributed by atoms with van der Waals surface area (Å²) in [5.74, 6) is -0.123. The van der Waals surface area contributed by atoms with Gasteiger partial charge in [0.1, 0.15) is 11.3 Å². The molecule has 0 unspecified atom stereocenters. The standard InChI is InChI=1S/C21H21Cl2N3O3.C2H6N.Y/c22-16-9-13-15(11-26-6-4-25-5-7-26)14(21(28)29-19(13)10-18(16)27)8-12-2-1-3-17(24)20(12)23;1-3-2;/h1-3,9-10,25,27H,4-8,11,24H2;1-2H3;/q;-1;. The van der Waals surface area contributed by atoms with Gasteiger partial charge in [0.15, 0.2) is 0 Å². The van der Waals surface area contributed by atoms with Gasteiger partial charge in [0.25, 0.3) is 0 Å². The maximum Gasteiger partial charge on any atom is 0.340 e. The Kier molecular flexibility index (Phi) is 11.1. The summed E-state index contributed by atoms with van der Waals surface area (Å²) in [7, 11) is 3.50. The number of nitrogens with zero attached hydrogens (tertiary/aromatic N) is 2. The fourth-order valence-corrected chi connectivity index (χ4v) is 4.05. The summed E-state index contributed by atoms with van der Waals surface area (Å²) in [6.45, 7) is 4.08. The van der Waals surface area contributed by atoms with Crippen molar-refractivity contribution in [2.45, 2.75) is 13.0 Å². The molecule has 4 N–H and O–H groups in total. The summed E-state index contributed by atoms with van der Waals surface area (Å²) in [4.78, 5) is 15.2. The number of benzene rings is 2. The summed E-state index contributed by atoms with van der Waals surface area (Å²) in [6.07, 6.45) is 0.294. The number of phenols is 1. The van der Waals surface area contributed by atoms with E-state index in [1.165, 1.54) is 6.07 Å². The number of hydrogen-bond acceptors (Lipinski definition) is 6. The third-order valence-corrected chi connectivity index (χ3v) is 6.02. The Balaban J connectivity index is 0.000000914. The normalized spacial score (nSPS) is 13.8. The van der Waals surface area contributed by atoms with Gasteiger partial charge >= 0.3 is 5.63 Å². The van der Waals surface area contributed by atoms with Crippen molar-refractivity contribution in [3.05, 3.63) is 72.8 Å². The molecule has 1 radical (unpaired) electrons. The largest absolute Gasteiger partial charge is 0.668 e. The van der Waals surface area contributed by atoms with Crippen molar-refractivity contribution in [2.24, 2.45) is 0 Å². The Hall–Kier alpha value is -1.19. The van der Waals surface area contributed by atoms with Crippen LogP contribution in [-0.4, -0.2) is 50.3 Å². The van der Waals surface area contributed by atoms with Gasteiger partial charge in [0.2, 0.25) is 0 Å². The minimum atomic E-state index is -0.456. The predicted molar refractivity (Wildman–Crippen MR) is 131 cm³/mol. The molecule has 3 aromatic rings. The Bertz CT molecular complexity index is 1150. The van der Waals surface area contributed by atoms with Gasteiger partial charge in [-0.05, 0) is 23.3 Å². The average Bonchev–Trinajstić information content (AvgIpc) is 2.76. The molecule has 10 heteroatoms. The van der Waals surface area contributed by atoms with Crippen LogP contribution in [-0.2, 0) is 45.7 Å². The minimum Gasteiger partial charge on any atom is -0.668 e. The number of nitrogens with two attached hydrogens (primary N) is 1. The molecular formula is C23H27Cl2N4O3Y-. The van der Waals surface area contributed by atoms with Crippen LogP contribution in [0, 0.1) is 0 Å². The Labute approximate surface area is 228 Å². The molecule has 1 aliphatic rings. The van der Waals surface area contributed by atoms with Crippen molar-refractivity contribution in [1.82, 2.24) is 10.2 Å². The van der Waals surface area contributed by atoms with E-state index in [1.807, 2.05) is 12.1 Å². The number of rotatable bonds is 4. The van der Waals surface area contributed by atoms with Crippen LogP contribution in [0.25, 0.3) is 16.3 Å². The van der Waals surface area contributed by atoms with Gasteiger partial charge in [-0.2, -0.15) is 14.1 Å². The van der Waals surface area contributed by atoms with Gasteiger partial charge < -0.3 is 25.9 Å². The van der Waals surface area contributed by atoms with Crippen LogP contribution < -0.4 is 16.7 Å². The van der Waals surface area contributed by atoms with Crippen molar-refractivity contribution in [3.8, 4) is 5.75 Å². The second-order valence-electron chi connectivity index (χ2n) is 7.62. The molecule has 0 atom stereocenters. The summed E-state index contributed by atoms with van der Waals surface area (Å²) >= 11 is 12.5. The molecule has 175 valence electrons. The van der Waals surface area contributed by atoms with Crippen molar-refractivity contribution >= 4 is 39.9 Å². The molecule has 0 spiro atoms. The van der Waals surface area contributed by atoms with Gasteiger partial charge in [-0.15, -0.1) is 0 Å². The van der Waals surface area contributed by atoms with Crippen molar-refractivity contribution in [3.63, 3.8) is 0 Å². The number of halogens is 2. The Morgan fingerprint density at radius 1 is 1.18 bits per heavy atom. The Morgan fingerprint density at radius 2 is 1.85 bits per heavy atom. The number of hydrogen-bond donors (Lipinski definition) is 3. The van der Waals surface area contributed by atoms with E-state index in [-0.39, 0.29) is 43.5 Å². The molecule has 7 nitrogen and oxygen atoms in total. The molecule has 2 heterocycles. The van der Waals surface area contributed by atoms with E-state index in [0.29, 0.717) is 40.2 Å². The van der Waals surface area contributed by atoms with Gasteiger partial charge in [-0.25, -0.2) is 4.79 Å². The Morgan fingerprint density at radius 3 is 2.52 bits per heavy atom. The zero-order valence-corrected chi connectivity index (χ0v) is 23.0. The molecule has 0 amide bonds. The van der Waals surface area contributed by atoms with E-state index in [0.717, 1.165) is 37.3 Å². The number of anilines is 1. The summed E-state index contributed by atoms with van der Waals surface area (Å²) in [5, 5.41) is 18.1. The number of nitrogen functional groups attached to an aromatic ring is 1. The molecule has 1 aromatic heterocycles. The van der Waals surface area contributed by atoms with Crippen molar-refractivity contribution in [1.29, 1.82) is 0 Å². The molecule has 33 heavy (non-hydrogen) atoms. The van der Waals surface area contributed by atoms with E-state index in [1.54, 1.807) is 26.2 Å². The third-order valence-electron chi connectivity index (χ3n) is 5.25. The number of nitrogens with one attached hydrogen (secondary N) is 1. The van der Waals surface area contributed by atoms with Gasteiger partial charge in [-0.1, -0.05) is 35.3 Å². The molecule has 1 saturated heterocycles. The SMILES string of the molecule is C[N-]C.Nc1cccc(Cc2c(CN3CCNCC3)c3cc(Cl)c(O)cc3oc2=O)c1Cl.[Y]. The first kappa shape index (κ1) is 28.1. The first-order chi connectivity index (χ1) is 15.3. The molecule has 0 bridgehead atoms. The molecule has 1 fully saturated rings. The van der Waals surface area contributed by atoms with Gasteiger partial charge in [0, 0.05) is 88.9 Å². The van der Waals surface area contributed by atoms with Crippen molar-refractivity contribution in [2.75, 3.05) is 46.0 Å². The van der Waals surface area contributed by atoms with Crippen LogP contribution in [0.5, 0.6) is 5.75 Å². The topological polar surface area (TPSA) is 106 Å². The van der Waals surface area contributed by atoms with E-state index in [4.69, 9.17) is 33.4 Å². The van der Waals surface area contributed by atoms with Crippen LogP contribution in [0.15, 0.2) is 39.5 Å². The minimum absolute atomic E-state index is 0. The molecule has 0 aliphatic carbocycles. The molecule has 2 aromatic carbocycles.